The van der Waals surface area contributed by atoms with Crippen LogP contribution in [0.15, 0.2) is 53.7 Å². The van der Waals surface area contributed by atoms with Crippen LogP contribution in [0.25, 0.3) is 16.6 Å². The number of ketones is 1. The lowest BCUT2D eigenvalue weighted by molar-refractivity contribution is 0.102. The predicted octanol–water partition coefficient (Wildman–Crippen LogP) is 4.57. The Balaban J connectivity index is 1.62. The Morgan fingerprint density at radius 1 is 1.07 bits per heavy atom. The van der Waals surface area contributed by atoms with Gasteiger partial charge in [0.25, 0.3) is 0 Å². The van der Waals surface area contributed by atoms with Crippen molar-refractivity contribution in [3.05, 3.63) is 59.7 Å². The molecule has 0 radical (unpaired) electrons. The molecule has 0 unspecified atom stereocenters. The largest absolute Gasteiger partial charge is 0.497 e. The number of nitrogens with zero attached hydrogens (tertiary/aromatic N) is 3. The van der Waals surface area contributed by atoms with Crippen LogP contribution >= 0.6 is 11.8 Å². The minimum atomic E-state index is 0.0313. The molecule has 0 spiro atoms. The minimum absolute atomic E-state index is 0.0313. The zero-order valence-corrected chi connectivity index (χ0v) is 17.3. The van der Waals surface area contributed by atoms with Gasteiger partial charge in [-0.1, -0.05) is 11.8 Å². The number of pyridine rings is 1. The van der Waals surface area contributed by atoms with Crippen molar-refractivity contribution in [3.63, 3.8) is 0 Å². The smallest absolute Gasteiger partial charge is 0.196 e. The van der Waals surface area contributed by atoms with Gasteiger partial charge in [-0.15, -0.1) is 10.2 Å². The summed E-state index contributed by atoms with van der Waals surface area (Å²) in [6, 6.07) is 15.2. The Kier molecular flexibility index (Phi) is 5.40. The summed E-state index contributed by atoms with van der Waals surface area (Å²) in [5.74, 6) is 1.83. The van der Waals surface area contributed by atoms with Crippen LogP contribution in [0.1, 0.15) is 22.8 Å². The summed E-state index contributed by atoms with van der Waals surface area (Å²) >= 11 is 1.38. The first-order valence-electron chi connectivity index (χ1n) is 9.32. The number of carbonyl (C=O) groups is 1. The summed E-state index contributed by atoms with van der Waals surface area (Å²) in [5.41, 5.74) is 3.47. The van der Waals surface area contributed by atoms with Crippen molar-refractivity contribution in [1.29, 1.82) is 0 Å². The van der Waals surface area contributed by atoms with Crippen LogP contribution in [0.4, 0.5) is 0 Å². The van der Waals surface area contributed by atoms with Crippen molar-refractivity contribution in [2.75, 3.05) is 19.5 Å². The second-order valence-electron chi connectivity index (χ2n) is 6.56. The zero-order chi connectivity index (χ0) is 20.4. The highest BCUT2D eigenvalue weighted by atomic mass is 32.2. The van der Waals surface area contributed by atoms with Gasteiger partial charge in [-0.25, -0.2) is 0 Å². The number of benzene rings is 2. The SMILES string of the molecule is CCOc1ccc(C(=O)CSc2nnc3cc(C)c4ccc(OC)cc4n23)cc1. The summed E-state index contributed by atoms with van der Waals surface area (Å²) in [7, 11) is 1.64. The maximum Gasteiger partial charge on any atom is 0.196 e. The molecule has 0 saturated heterocycles. The molecule has 0 bridgehead atoms. The number of Topliss-reactive ketones (excluding diaryl/α,β-unsaturated/α-hetero) is 1. The van der Waals surface area contributed by atoms with E-state index in [0.717, 1.165) is 33.6 Å². The van der Waals surface area contributed by atoms with Crippen molar-refractivity contribution < 1.29 is 14.3 Å². The van der Waals surface area contributed by atoms with E-state index in [9.17, 15) is 4.79 Å². The van der Waals surface area contributed by atoms with E-state index >= 15 is 0 Å². The lowest BCUT2D eigenvalue weighted by Gasteiger charge is -2.09. The van der Waals surface area contributed by atoms with Crippen LogP contribution in [0.5, 0.6) is 11.5 Å². The molecular weight excluding hydrogens is 386 g/mol. The fraction of sp³-hybridized carbons (Fsp3) is 0.227. The standard InChI is InChI=1S/C22H21N3O3S/c1-4-28-16-7-5-15(6-8-16)20(26)13-29-22-24-23-21-11-14(2)18-10-9-17(27-3)12-19(18)25(21)22/h5-12H,4,13H2,1-3H3. The van der Waals surface area contributed by atoms with Crippen molar-refractivity contribution in [2.45, 2.75) is 19.0 Å². The molecular formula is C22H21N3O3S. The lowest BCUT2D eigenvalue weighted by atomic mass is 10.1. The Morgan fingerprint density at radius 3 is 2.55 bits per heavy atom. The van der Waals surface area contributed by atoms with E-state index in [1.165, 1.54) is 11.8 Å². The number of carbonyl (C=O) groups excluding carboxylic acids is 1. The molecule has 29 heavy (non-hydrogen) atoms. The van der Waals surface area contributed by atoms with E-state index in [1.807, 2.05) is 54.6 Å². The Hall–Kier alpha value is -3.06. The van der Waals surface area contributed by atoms with E-state index < -0.39 is 0 Å². The van der Waals surface area contributed by atoms with Gasteiger partial charge >= 0.3 is 0 Å². The first-order chi connectivity index (χ1) is 14.1. The quantitative estimate of drug-likeness (QED) is 0.330. The minimum Gasteiger partial charge on any atom is -0.497 e. The third-order valence-electron chi connectivity index (χ3n) is 4.69. The summed E-state index contributed by atoms with van der Waals surface area (Å²) in [6.45, 7) is 4.58. The van der Waals surface area contributed by atoms with Gasteiger partial charge in [0.15, 0.2) is 16.6 Å². The number of thioether (sulfide) groups is 1. The highest BCUT2D eigenvalue weighted by Crippen LogP contribution is 2.29. The Morgan fingerprint density at radius 2 is 1.83 bits per heavy atom. The summed E-state index contributed by atoms with van der Waals surface area (Å²) in [4.78, 5) is 12.6. The summed E-state index contributed by atoms with van der Waals surface area (Å²) in [6.07, 6.45) is 0. The van der Waals surface area contributed by atoms with Gasteiger partial charge in [0.2, 0.25) is 0 Å². The molecule has 0 amide bonds. The van der Waals surface area contributed by atoms with Crippen LogP contribution in [-0.2, 0) is 0 Å². The molecule has 6 nitrogen and oxygen atoms in total. The molecule has 0 atom stereocenters. The summed E-state index contributed by atoms with van der Waals surface area (Å²) < 4.78 is 12.8. The first kappa shape index (κ1) is 19.3. The average molecular weight is 407 g/mol. The molecule has 0 aliphatic carbocycles. The highest BCUT2D eigenvalue weighted by molar-refractivity contribution is 7.99. The molecule has 4 aromatic rings. The van der Waals surface area contributed by atoms with Gasteiger partial charge in [-0.05, 0) is 61.9 Å². The lowest BCUT2D eigenvalue weighted by Crippen LogP contribution is -2.03. The number of methoxy groups -OCH3 is 1. The topological polar surface area (TPSA) is 65.7 Å². The highest BCUT2D eigenvalue weighted by Gasteiger charge is 2.15. The van der Waals surface area contributed by atoms with Gasteiger partial charge in [0, 0.05) is 17.0 Å². The molecule has 148 valence electrons. The Bertz CT molecular complexity index is 1190. The number of aromatic nitrogens is 3. The predicted molar refractivity (Wildman–Crippen MR) is 114 cm³/mol. The van der Waals surface area contributed by atoms with E-state index in [1.54, 1.807) is 19.2 Å². The van der Waals surface area contributed by atoms with Crippen molar-refractivity contribution in [1.82, 2.24) is 14.6 Å². The molecule has 2 aromatic carbocycles. The molecule has 0 aliphatic rings. The molecule has 0 N–H and O–H groups in total. The van der Waals surface area contributed by atoms with E-state index in [4.69, 9.17) is 9.47 Å². The first-order valence-corrected chi connectivity index (χ1v) is 10.3. The molecule has 2 heterocycles. The number of ether oxygens (including phenoxy) is 2. The number of aryl methyl sites for hydroxylation is 1. The molecule has 0 saturated carbocycles. The van der Waals surface area contributed by atoms with Gasteiger partial charge in [0.05, 0.1) is 25.0 Å². The molecule has 7 heteroatoms. The fourth-order valence-corrected chi connectivity index (χ4v) is 4.09. The van der Waals surface area contributed by atoms with E-state index in [-0.39, 0.29) is 11.5 Å². The Labute approximate surface area is 172 Å². The third kappa shape index (κ3) is 3.78. The van der Waals surface area contributed by atoms with Crippen molar-refractivity contribution in [2.24, 2.45) is 0 Å². The van der Waals surface area contributed by atoms with Crippen LogP contribution in [0.3, 0.4) is 0 Å². The van der Waals surface area contributed by atoms with Gasteiger partial charge < -0.3 is 9.47 Å². The third-order valence-corrected chi connectivity index (χ3v) is 5.62. The number of rotatable bonds is 7. The fourth-order valence-electron chi connectivity index (χ4n) is 3.24. The molecule has 0 fully saturated rings. The van der Waals surface area contributed by atoms with Crippen molar-refractivity contribution >= 4 is 34.1 Å². The van der Waals surface area contributed by atoms with E-state index in [0.29, 0.717) is 17.3 Å². The van der Waals surface area contributed by atoms with E-state index in [2.05, 4.69) is 10.2 Å². The van der Waals surface area contributed by atoms with Crippen LogP contribution in [0, 0.1) is 6.92 Å². The normalized spacial score (nSPS) is 11.1. The van der Waals surface area contributed by atoms with Crippen molar-refractivity contribution in [3.8, 4) is 11.5 Å². The molecule has 4 rings (SSSR count). The summed E-state index contributed by atoms with van der Waals surface area (Å²) in [5, 5.41) is 10.4. The van der Waals surface area contributed by atoms with Crippen LogP contribution in [0.2, 0.25) is 0 Å². The maximum absolute atomic E-state index is 12.6. The van der Waals surface area contributed by atoms with Crippen LogP contribution < -0.4 is 9.47 Å². The second kappa shape index (κ2) is 8.13. The van der Waals surface area contributed by atoms with Gasteiger partial charge in [0.1, 0.15) is 11.5 Å². The maximum atomic E-state index is 12.6. The molecule has 2 aromatic heterocycles. The van der Waals surface area contributed by atoms with Crippen LogP contribution in [-0.4, -0.2) is 39.9 Å². The number of hydrogen-bond acceptors (Lipinski definition) is 6. The van der Waals surface area contributed by atoms with Gasteiger partial charge in [-0.3, -0.25) is 9.20 Å². The number of hydrogen-bond donors (Lipinski definition) is 0. The number of fused-ring (bicyclic) bond motifs is 3. The molecule has 0 aliphatic heterocycles. The van der Waals surface area contributed by atoms with Gasteiger partial charge in [-0.2, -0.15) is 0 Å². The average Bonchev–Trinajstić information content (AvgIpc) is 3.15. The zero-order valence-electron chi connectivity index (χ0n) is 16.5. The second-order valence-corrected chi connectivity index (χ2v) is 7.50. The monoisotopic (exact) mass is 407 g/mol.